The number of fused-ring (bicyclic) bond motifs is 1. The van der Waals surface area contributed by atoms with Crippen molar-refractivity contribution >= 4 is 10.0 Å². The quantitative estimate of drug-likeness (QED) is 0.638. The number of sulfonamides is 1. The normalized spacial score (nSPS) is 14.2. The lowest BCUT2D eigenvalue weighted by molar-refractivity contribution is 0.241. The van der Waals surface area contributed by atoms with Crippen molar-refractivity contribution in [2.75, 3.05) is 18.9 Å². The van der Waals surface area contributed by atoms with E-state index in [0.717, 1.165) is 16.7 Å². The van der Waals surface area contributed by atoms with Crippen LogP contribution in [0.2, 0.25) is 0 Å². The number of aliphatic hydroxyl groups is 1. The van der Waals surface area contributed by atoms with Crippen molar-refractivity contribution in [3.63, 3.8) is 0 Å². The zero-order valence-corrected chi connectivity index (χ0v) is 18.7. The summed E-state index contributed by atoms with van der Waals surface area (Å²) in [6, 6.07) is 13.3. The van der Waals surface area contributed by atoms with Crippen LogP contribution < -0.4 is 9.47 Å². The van der Waals surface area contributed by atoms with Crippen molar-refractivity contribution in [3.05, 3.63) is 58.7 Å². The van der Waals surface area contributed by atoms with E-state index in [1.54, 1.807) is 12.1 Å². The lowest BCUT2D eigenvalue weighted by Crippen LogP contribution is -2.37. The molecule has 3 rings (SSSR count). The van der Waals surface area contributed by atoms with Crippen molar-refractivity contribution in [1.82, 2.24) is 4.31 Å². The van der Waals surface area contributed by atoms with Gasteiger partial charge in [-0.2, -0.15) is 9.57 Å². The number of rotatable bonds is 9. The second-order valence-corrected chi connectivity index (χ2v) is 9.89. The van der Waals surface area contributed by atoms with E-state index in [-0.39, 0.29) is 31.5 Å². The summed E-state index contributed by atoms with van der Waals surface area (Å²) in [6.45, 7) is 4.72. The van der Waals surface area contributed by atoms with Crippen molar-refractivity contribution < 1.29 is 23.0 Å². The van der Waals surface area contributed by atoms with Gasteiger partial charge in [0.05, 0.1) is 17.4 Å². The Bertz CT molecular complexity index is 1060. The lowest BCUT2D eigenvalue weighted by atomic mass is 10.0. The van der Waals surface area contributed by atoms with Gasteiger partial charge in [-0.05, 0) is 67.6 Å². The van der Waals surface area contributed by atoms with Crippen LogP contribution >= 0.6 is 0 Å². The first-order valence-electron chi connectivity index (χ1n) is 10.4. The summed E-state index contributed by atoms with van der Waals surface area (Å²) in [4.78, 5) is 0. The summed E-state index contributed by atoms with van der Waals surface area (Å²) in [5.74, 6) is 1.15. The average Bonchev–Trinajstić information content (AvgIpc) is 2.76. The maximum absolute atomic E-state index is 12.5. The fourth-order valence-corrected chi connectivity index (χ4v) is 4.95. The summed E-state index contributed by atoms with van der Waals surface area (Å²) in [5.41, 5.74) is 3.35. The molecule has 31 heavy (non-hydrogen) atoms. The van der Waals surface area contributed by atoms with Gasteiger partial charge in [-0.25, -0.2) is 8.42 Å². The van der Waals surface area contributed by atoms with Crippen LogP contribution in [-0.4, -0.2) is 42.8 Å². The number of benzene rings is 2. The van der Waals surface area contributed by atoms with Gasteiger partial charge in [0.15, 0.2) is 0 Å². The van der Waals surface area contributed by atoms with Gasteiger partial charge in [0.25, 0.3) is 0 Å². The number of nitrogens with zero attached hydrogens (tertiary/aromatic N) is 2. The third-order valence-electron chi connectivity index (χ3n) is 5.04. The zero-order chi connectivity index (χ0) is 22.4. The summed E-state index contributed by atoms with van der Waals surface area (Å²) >= 11 is 0. The highest BCUT2D eigenvalue weighted by atomic mass is 32.2. The van der Waals surface area contributed by atoms with Crippen LogP contribution in [0, 0.1) is 11.3 Å². The number of aliphatic hydroxyl groups excluding tert-OH is 1. The molecule has 0 saturated carbocycles. The lowest BCUT2D eigenvalue weighted by Gasteiger charge is -2.28. The summed E-state index contributed by atoms with van der Waals surface area (Å²) in [7, 11) is -3.39. The molecular formula is C23H28N2O5S. The van der Waals surface area contributed by atoms with Gasteiger partial charge >= 0.3 is 0 Å². The van der Waals surface area contributed by atoms with Gasteiger partial charge in [-0.1, -0.05) is 12.1 Å². The van der Waals surface area contributed by atoms with Gasteiger partial charge in [-0.15, -0.1) is 0 Å². The predicted octanol–water partition coefficient (Wildman–Crippen LogP) is 2.99. The molecule has 166 valence electrons. The predicted molar refractivity (Wildman–Crippen MR) is 117 cm³/mol. The Morgan fingerprint density at radius 3 is 2.71 bits per heavy atom. The third kappa shape index (κ3) is 5.97. The molecule has 1 N–H and O–H groups in total. The van der Waals surface area contributed by atoms with Gasteiger partial charge < -0.3 is 14.6 Å². The summed E-state index contributed by atoms with van der Waals surface area (Å²) in [6.07, 6.45) is 0.869. The minimum Gasteiger partial charge on any atom is -0.490 e. The molecule has 7 nitrogen and oxygen atoms in total. The van der Waals surface area contributed by atoms with Crippen molar-refractivity contribution in [2.24, 2.45) is 0 Å². The Labute approximate surface area is 183 Å². The molecule has 2 aromatic carbocycles. The molecule has 0 aromatic heterocycles. The number of hydrogen-bond acceptors (Lipinski definition) is 6. The number of nitriles is 1. The highest BCUT2D eigenvalue weighted by molar-refractivity contribution is 7.89. The first kappa shape index (κ1) is 23.1. The molecular weight excluding hydrogens is 416 g/mol. The molecule has 0 saturated heterocycles. The number of ether oxygens (including phenoxy) is 2. The van der Waals surface area contributed by atoms with Crippen LogP contribution in [-0.2, 0) is 29.6 Å². The molecule has 1 aliphatic heterocycles. The zero-order valence-electron chi connectivity index (χ0n) is 17.9. The molecule has 0 fully saturated rings. The smallest absolute Gasteiger partial charge is 0.214 e. The maximum atomic E-state index is 12.5. The van der Waals surface area contributed by atoms with Crippen molar-refractivity contribution in [2.45, 2.75) is 45.9 Å². The Morgan fingerprint density at radius 2 is 2.00 bits per heavy atom. The molecule has 2 aromatic rings. The Kier molecular flexibility index (Phi) is 7.55. The maximum Gasteiger partial charge on any atom is 0.214 e. The molecule has 0 radical (unpaired) electrons. The molecule has 8 heteroatoms. The minimum atomic E-state index is -3.39. The molecule has 0 atom stereocenters. The van der Waals surface area contributed by atoms with Gasteiger partial charge in [0.2, 0.25) is 10.0 Å². The molecule has 0 aliphatic carbocycles. The Hall–Kier alpha value is -2.60. The molecule has 0 unspecified atom stereocenters. The summed E-state index contributed by atoms with van der Waals surface area (Å²) in [5, 5.41) is 18.3. The first-order chi connectivity index (χ1) is 14.8. The van der Waals surface area contributed by atoms with E-state index in [1.165, 1.54) is 4.31 Å². The Morgan fingerprint density at radius 1 is 1.19 bits per heavy atom. The minimum absolute atomic E-state index is 0.0169. The fraction of sp³-hybridized carbons (Fsp3) is 0.435. The van der Waals surface area contributed by atoms with E-state index in [0.29, 0.717) is 36.6 Å². The van der Waals surface area contributed by atoms with Crippen LogP contribution in [0.5, 0.6) is 11.5 Å². The van der Waals surface area contributed by atoms with Gasteiger partial charge in [0, 0.05) is 19.7 Å². The van der Waals surface area contributed by atoms with Crippen molar-refractivity contribution in [3.8, 4) is 17.6 Å². The second kappa shape index (κ2) is 10.1. The SMILES string of the molecule is CC(C)Oc1ccc(COc2ccc3c(c2)CN(S(=O)(=O)CCCO)CC3)cc1C#N. The highest BCUT2D eigenvalue weighted by Crippen LogP contribution is 2.27. The second-order valence-electron chi connectivity index (χ2n) is 7.80. The Balaban J connectivity index is 1.68. The van der Waals surface area contributed by atoms with E-state index in [4.69, 9.17) is 14.6 Å². The monoisotopic (exact) mass is 444 g/mol. The van der Waals surface area contributed by atoms with E-state index >= 15 is 0 Å². The van der Waals surface area contributed by atoms with Crippen LogP contribution in [0.1, 0.15) is 42.5 Å². The van der Waals surface area contributed by atoms with E-state index < -0.39 is 10.0 Å². The highest BCUT2D eigenvalue weighted by Gasteiger charge is 2.26. The third-order valence-corrected chi connectivity index (χ3v) is 6.94. The van der Waals surface area contributed by atoms with Crippen molar-refractivity contribution in [1.29, 1.82) is 5.26 Å². The molecule has 1 heterocycles. The molecule has 1 aliphatic rings. The van der Waals surface area contributed by atoms with E-state index in [1.807, 2.05) is 38.1 Å². The van der Waals surface area contributed by atoms with Crippen LogP contribution in [0.4, 0.5) is 0 Å². The first-order valence-corrected chi connectivity index (χ1v) is 12.0. The fourth-order valence-electron chi connectivity index (χ4n) is 3.49. The van der Waals surface area contributed by atoms with Gasteiger partial charge in [-0.3, -0.25) is 0 Å². The number of hydrogen-bond donors (Lipinski definition) is 1. The van der Waals surface area contributed by atoms with E-state index in [9.17, 15) is 13.7 Å². The molecule has 0 amide bonds. The van der Waals surface area contributed by atoms with E-state index in [2.05, 4.69) is 6.07 Å². The molecule has 0 spiro atoms. The van der Waals surface area contributed by atoms with Crippen LogP contribution in [0.15, 0.2) is 36.4 Å². The topological polar surface area (TPSA) is 99.9 Å². The standard InChI is InChI=1S/C23H28N2O5S/c1-17(2)30-23-7-4-18(12-20(23)14-24)16-29-22-6-5-19-8-9-25(15-21(19)13-22)31(27,28)11-3-10-26/h4-7,12-13,17,26H,3,8-11,15-16H2,1-2H3. The molecule has 0 bridgehead atoms. The van der Waals surface area contributed by atoms with Crippen LogP contribution in [0.25, 0.3) is 0 Å². The largest absolute Gasteiger partial charge is 0.490 e. The average molecular weight is 445 g/mol. The van der Waals surface area contributed by atoms with Crippen LogP contribution in [0.3, 0.4) is 0 Å². The van der Waals surface area contributed by atoms with Gasteiger partial charge in [0.1, 0.15) is 24.2 Å². The summed E-state index contributed by atoms with van der Waals surface area (Å²) < 4.78 is 37.9.